The van der Waals surface area contributed by atoms with Crippen LogP contribution in [0.1, 0.15) is 6.42 Å². The predicted octanol–water partition coefficient (Wildman–Crippen LogP) is 2.31. The topological polar surface area (TPSA) is 50.4 Å². The molecule has 0 radical (unpaired) electrons. The molecular weight excluding hydrogens is 292 g/mol. The Morgan fingerprint density at radius 2 is 2.14 bits per heavy atom. The van der Waals surface area contributed by atoms with E-state index < -0.39 is 29.9 Å². The zero-order chi connectivity index (χ0) is 15.7. The maximum absolute atomic E-state index is 13.2. The first kappa shape index (κ1) is 15.6. The van der Waals surface area contributed by atoms with E-state index in [0.29, 0.717) is 0 Å². The molecule has 1 aromatic carbocycles. The third-order valence-corrected chi connectivity index (χ3v) is 3.54. The molecule has 1 amide bonds. The number of benzene rings is 1. The second kappa shape index (κ2) is 5.51. The van der Waals surface area contributed by atoms with Gasteiger partial charge in [-0.05, 0) is 25.1 Å². The highest BCUT2D eigenvalue weighted by Crippen LogP contribution is 2.44. The zero-order valence-corrected chi connectivity index (χ0v) is 11.2. The highest BCUT2D eigenvalue weighted by molar-refractivity contribution is 5.97. The van der Waals surface area contributed by atoms with Crippen LogP contribution < -0.4 is 15.4 Å². The van der Waals surface area contributed by atoms with E-state index in [1.165, 1.54) is 13.2 Å². The summed E-state index contributed by atoms with van der Waals surface area (Å²) in [7, 11) is 1.24. The van der Waals surface area contributed by atoms with Gasteiger partial charge in [-0.25, -0.2) is 4.39 Å². The first-order chi connectivity index (χ1) is 9.80. The monoisotopic (exact) mass is 306 g/mol. The molecule has 21 heavy (non-hydrogen) atoms. The normalized spacial score (nSPS) is 22.1. The van der Waals surface area contributed by atoms with E-state index in [1.807, 2.05) is 0 Å². The van der Waals surface area contributed by atoms with Gasteiger partial charge in [0.1, 0.15) is 11.6 Å². The molecule has 0 spiro atoms. The molecular formula is C13H14F4N2O2. The summed E-state index contributed by atoms with van der Waals surface area (Å²) in [5.74, 6) is -1.82. The van der Waals surface area contributed by atoms with E-state index in [2.05, 4.69) is 10.6 Å². The van der Waals surface area contributed by atoms with Crippen LogP contribution in [0.5, 0.6) is 5.75 Å². The number of hydrogen-bond acceptors (Lipinski definition) is 3. The second-order valence-corrected chi connectivity index (χ2v) is 4.81. The van der Waals surface area contributed by atoms with Gasteiger partial charge in [0, 0.05) is 12.6 Å². The predicted molar refractivity (Wildman–Crippen MR) is 67.6 cm³/mol. The van der Waals surface area contributed by atoms with Crippen molar-refractivity contribution in [2.75, 3.05) is 25.5 Å². The van der Waals surface area contributed by atoms with Crippen LogP contribution >= 0.6 is 0 Å². The molecule has 0 saturated carbocycles. The highest BCUT2D eigenvalue weighted by Gasteiger charge is 2.61. The van der Waals surface area contributed by atoms with Gasteiger partial charge in [0.05, 0.1) is 12.8 Å². The first-order valence-corrected chi connectivity index (χ1v) is 6.22. The Kier molecular flexibility index (Phi) is 4.08. The molecule has 1 aliphatic rings. The smallest absolute Gasteiger partial charge is 0.404 e. The van der Waals surface area contributed by atoms with Crippen molar-refractivity contribution in [2.45, 2.75) is 12.6 Å². The van der Waals surface area contributed by atoms with Gasteiger partial charge in [0.15, 0.2) is 5.41 Å². The molecule has 116 valence electrons. The number of amides is 1. The van der Waals surface area contributed by atoms with Gasteiger partial charge in [0.2, 0.25) is 5.91 Å². The molecule has 0 bridgehead atoms. The Morgan fingerprint density at radius 1 is 1.43 bits per heavy atom. The standard InChI is InChI=1S/C13H14F4N2O2/c1-21-10-6-8(14)2-3-9(10)19-11(20)12(13(15,16)17)4-5-18-7-12/h2-3,6,18H,4-5,7H2,1H3,(H,19,20). The fourth-order valence-corrected chi connectivity index (χ4v) is 2.27. The van der Waals surface area contributed by atoms with Gasteiger partial charge >= 0.3 is 6.18 Å². The minimum absolute atomic E-state index is 0.000532. The van der Waals surface area contributed by atoms with Crippen molar-refractivity contribution >= 4 is 11.6 Å². The number of rotatable bonds is 3. The second-order valence-electron chi connectivity index (χ2n) is 4.81. The van der Waals surface area contributed by atoms with E-state index in [0.717, 1.165) is 12.1 Å². The lowest BCUT2D eigenvalue weighted by Gasteiger charge is -2.29. The van der Waals surface area contributed by atoms with Crippen LogP contribution in [0.2, 0.25) is 0 Å². The minimum Gasteiger partial charge on any atom is -0.494 e. The SMILES string of the molecule is COc1cc(F)ccc1NC(=O)C1(C(F)(F)F)CCNC1. The summed E-state index contributed by atoms with van der Waals surface area (Å²) >= 11 is 0. The van der Waals surface area contributed by atoms with Crippen LogP contribution in [0, 0.1) is 11.2 Å². The van der Waals surface area contributed by atoms with Crippen molar-refractivity contribution in [3.8, 4) is 5.75 Å². The van der Waals surface area contributed by atoms with Crippen LogP contribution in [0.15, 0.2) is 18.2 Å². The van der Waals surface area contributed by atoms with Crippen molar-refractivity contribution in [3.05, 3.63) is 24.0 Å². The third kappa shape index (κ3) is 2.80. The Morgan fingerprint density at radius 3 is 2.67 bits per heavy atom. The van der Waals surface area contributed by atoms with Crippen LogP contribution in [0.4, 0.5) is 23.2 Å². The van der Waals surface area contributed by atoms with Crippen molar-refractivity contribution < 1.29 is 27.1 Å². The molecule has 2 N–H and O–H groups in total. The lowest BCUT2D eigenvalue weighted by Crippen LogP contribution is -2.49. The lowest BCUT2D eigenvalue weighted by atomic mass is 9.85. The van der Waals surface area contributed by atoms with Crippen LogP contribution in [0.3, 0.4) is 0 Å². The molecule has 4 nitrogen and oxygen atoms in total. The number of anilines is 1. The van der Waals surface area contributed by atoms with Gasteiger partial charge in [-0.1, -0.05) is 0 Å². The molecule has 1 fully saturated rings. The first-order valence-electron chi connectivity index (χ1n) is 6.22. The Bertz CT molecular complexity index is 539. The van der Waals surface area contributed by atoms with Crippen molar-refractivity contribution in [2.24, 2.45) is 5.41 Å². The van der Waals surface area contributed by atoms with Gasteiger partial charge in [0.25, 0.3) is 0 Å². The van der Waals surface area contributed by atoms with Crippen LogP contribution in [0.25, 0.3) is 0 Å². The molecule has 1 heterocycles. The fraction of sp³-hybridized carbons (Fsp3) is 0.462. The van der Waals surface area contributed by atoms with E-state index >= 15 is 0 Å². The minimum atomic E-state index is -4.67. The molecule has 0 aromatic heterocycles. The number of alkyl halides is 3. The van der Waals surface area contributed by atoms with Gasteiger partial charge in [-0.2, -0.15) is 13.2 Å². The average molecular weight is 306 g/mol. The number of ether oxygens (including phenoxy) is 1. The molecule has 1 saturated heterocycles. The number of hydrogen-bond donors (Lipinski definition) is 2. The third-order valence-electron chi connectivity index (χ3n) is 3.54. The summed E-state index contributed by atoms with van der Waals surface area (Å²) in [6, 6.07) is 3.19. The Hall–Kier alpha value is -1.83. The maximum atomic E-state index is 13.2. The lowest BCUT2D eigenvalue weighted by molar-refractivity contribution is -0.213. The Balaban J connectivity index is 2.28. The molecule has 8 heteroatoms. The number of nitrogens with one attached hydrogen (secondary N) is 2. The van der Waals surface area contributed by atoms with Crippen molar-refractivity contribution in [1.82, 2.24) is 5.32 Å². The summed E-state index contributed by atoms with van der Waals surface area (Å²) in [6.45, 7) is -0.376. The van der Waals surface area contributed by atoms with E-state index in [1.54, 1.807) is 0 Å². The summed E-state index contributed by atoms with van der Waals surface area (Å²) < 4.78 is 57.6. The molecule has 1 atom stereocenters. The summed E-state index contributed by atoms with van der Waals surface area (Å²) in [5, 5.41) is 4.74. The van der Waals surface area contributed by atoms with Crippen LogP contribution in [-0.2, 0) is 4.79 Å². The van der Waals surface area contributed by atoms with Gasteiger partial charge in [-0.15, -0.1) is 0 Å². The summed E-state index contributed by atoms with van der Waals surface area (Å²) in [6.07, 6.45) is -5.01. The van der Waals surface area contributed by atoms with Crippen molar-refractivity contribution in [3.63, 3.8) is 0 Å². The fourth-order valence-electron chi connectivity index (χ4n) is 2.27. The summed E-state index contributed by atoms with van der Waals surface area (Å²) in [5.41, 5.74) is -2.48. The number of carbonyl (C=O) groups excluding carboxylic acids is 1. The zero-order valence-electron chi connectivity index (χ0n) is 11.2. The van der Waals surface area contributed by atoms with E-state index in [4.69, 9.17) is 4.74 Å². The number of methoxy groups -OCH3 is 1. The molecule has 1 aliphatic heterocycles. The molecule has 0 aliphatic carbocycles. The number of carbonyl (C=O) groups is 1. The van der Waals surface area contributed by atoms with Crippen molar-refractivity contribution in [1.29, 1.82) is 0 Å². The molecule has 1 aromatic rings. The average Bonchev–Trinajstić information content (AvgIpc) is 2.91. The van der Waals surface area contributed by atoms with Gasteiger partial charge in [-0.3, -0.25) is 4.79 Å². The van der Waals surface area contributed by atoms with E-state index in [9.17, 15) is 22.4 Å². The highest BCUT2D eigenvalue weighted by atomic mass is 19.4. The van der Waals surface area contributed by atoms with Crippen LogP contribution in [-0.4, -0.2) is 32.3 Å². The summed E-state index contributed by atoms with van der Waals surface area (Å²) in [4.78, 5) is 12.1. The Labute approximate surface area is 118 Å². The quantitative estimate of drug-likeness (QED) is 0.843. The molecule has 1 unspecified atom stereocenters. The molecule has 2 rings (SSSR count). The maximum Gasteiger partial charge on any atom is 0.404 e. The number of halogens is 4. The van der Waals surface area contributed by atoms with Gasteiger partial charge < -0.3 is 15.4 Å². The van der Waals surface area contributed by atoms with E-state index in [-0.39, 0.29) is 24.4 Å². The largest absolute Gasteiger partial charge is 0.494 e.